The molecular weight excluding hydrogens is 322 g/mol. The highest BCUT2D eigenvalue weighted by Crippen LogP contribution is 2.36. The zero-order chi connectivity index (χ0) is 15.9. The van der Waals surface area contributed by atoms with Crippen LogP contribution in [-0.2, 0) is 28.6 Å². The molecule has 1 unspecified atom stereocenters. The molecule has 0 radical (unpaired) electrons. The maximum Gasteiger partial charge on any atom is 0.259 e. The Morgan fingerprint density at radius 3 is 2.91 bits per heavy atom. The fourth-order valence-corrected chi connectivity index (χ4v) is 4.96. The molecule has 0 fully saturated rings. The zero-order valence-corrected chi connectivity index (χ0v) is 14.2. The van der Waals surface area contributed by atoms with Crippen LogP contribution in [0.4, 0.5) is 0 Å². The van der Waals surface area contributed by atoms with Gasteiger partial charge < -0.3 is 4.98 Å². The van der Waals surface area contributed by atoms with Crippen molar-refractivity contribution in [3.63, 3.8) is 0 Å². The van der Waals surface area contributed by atoms with Gasteiger partial charge >= 0.3 is 0 Å². The summed E-state index contributed by atoms with van der Waals surface area (Å²) in [6.07, 6.45) is 4.15. The summed E-state index contributed by atoms with van der Waals surface area (Å²) < 4.78 is 25.5. The van der Waals surface area contributed by atoms with Gasteiger partial charge in [0.05, 0.1) is 5.39 Å². The lowest BCUT2D eigenvalue weighted by molar-refractivity contribution is 0.451. The van der Waals surface area contributed by atoms with Crippen molar-refractivity contribution in [3.05, 3.63) is 26.6 Å². The molecule has 8 heteroatoms. The van der Waals surface area contributed by atoms with E-state index in [2.05, 4.69) is 21.6 Å². The Bertz CT molecular complexity index is 867. The molecule has 0 aromatic carbocycles. The van der Waals surface area contributed by atoms with Gasteiger partial charge in [-0.15, -0.1) is 11.3 Å². The topological polar surface area (TPSA) is 91.9 Å². The third kappa shape index (κ3) is 2.82. The highest BCUT2D eigenvalue weighted by Gasteiger charge is 2.24. The molecule has 0 saturated carbocycles. The van der Waals surface area contributed by atoms with Gasteiger partial charge in [0.25, 0.3) is 5.56 Å². The van der Waals surface area contributed by atoms with Gasteiger partial charge in [-0.1, -0.05) is 13.3 Å². The Balaban J connectivity index is 2.07. The van der Waals surface area contributed by atoms with Crippen LogP contribution >= 0.6 is 11.3 Å². The highest BCUT2D eigenvalue weighted by atomic mass is 32.2. The predicted octanol–water partition coefficient (Wildman–Crippen LogP) is 1.55. The number of hydrogen-bond acceptors (Lipinski definition) is 5. The number of thiophene rings is 1. The maximum atomic E-state index is 12.4. The van der Waals surface area contributed by atoms with Crippen molar-refractivity contribution in [1.29, 1.82) is 0 Å². The van der Waals surface area contributed by atoms with E-state index in [1.54, 1.807) is 0 Å². The molecule has 1 atom stereocenters. The standard InChI is InChI=1S/C14H19N3O3S2/c1-3-8-4-5-9-10(6-8)21-14-12(9)13(18)16-11(17-14)7-22(19,20)15-2/h8,15H,3-7H2,1-2H3,(H,16,17,18). The van der Waals surface area contributed by atoms with Crippen molar-refractivity contribution >= 4 is 31.6 Å². The molecular formula is C14H19N3O3S2. The molecule has 2 heterocycles. The van der Waals surface area contributed by atoms with E-state index in [4.69, 9.17) is 0 Å². The SMILES string of the molecule is CCC1CCc2c(sc3nc(CS(=O)(=O)NC)[nH]c(=O)c23)C1. The lowest BCUT2D eigenvalue weighted by Gasteiger charge is -2.20. The van der Waals surface area contributed by atoms with Crippen molar-refractivity contribution in [1.82, 2.24) is 14.7 Å². The van der Waals surface area contributed by atoms with Crippen LogP contribution in [0.1, 0.15) is 36.0 Å². The van der Waals surface area contributed by atoms with Gasteiger partial charge in [-0.05, 0) is 37.8 Å². The summed E-state index contributed by atoms with van der Waals surface area (Å²) in [6, 6.07) is 0. The molecule has 0 bridgehead atoms. The number of fused-ring (bicyclic) bond motifs is 3. The normalized spacial score (nSPS) is 18.5. The second kappa shape index (κ2) is 5.75. The number of sulfonamides is 1. The summed E-state index contributed by atoms with van der Waals surface area (Å²) in [4.78, 5) is 21.2. The number of aromatic amines is 1. The lowest BCUT2D eigenvalue weighted by atomic mass is 9.86. The maximum absolute atomic E-state index is 12.4. The molecule has 120 valence electrons. The zero-order valence-electron chi connectivity index (χ0n) is 12.6. The second-order valence-electron chi connectivity index (χ2n) is 5.68. The first-order valence-electron chi connectivity index (χ1n) is 7.38. The van der Waals surface area contributed by atoms with E-state index in [9.17, 15) is 13.2 Å². The number of aromatic nitrogens is 2. The summed E-state index contributed by atoms with van der Waals surface area (Å²) in [5.41, 5.74) is 0.889. The first-order valence-corrected chi connectivity index (χ1v) is 9.85. The summed E-state index contributed by atoms with van der Waals surface area (Å²) in [7, 11) is -2.10. The summed E-state index contributed by atoms with van der Waals surface area (Å²) in [6.45, 7) is 2.19. The van der Waals surface area contributed by atoms with Crippen LogP contribution in [0, 0.1) is 5.92 Å². The smallest absolute Gasteiger partial charge is 0.259 e. The molecule has 0 saturated heterocycles. The minimum absolute atomic E-state index is 0.192. The number of hydrogen-bond donors (Lipinski definition) is 2. The monoisotopic (exact) mass is 341 g/mol. The fraction of sp³-hybridized carbons (Fsp3) is 0.571. The van der Waals surface area contributed by atoms with Crippen LogP contribution in [0.5, 0.6) is 0 Å². The highest BCUT2D eigenvalue weighted by molar-refractivity contribution is 7.88. The molecule has 2 aromatic rings. The van der Waals surface area contributed by atoms with Gasteiger partial charge in [0.15, 0.2) is 0 Å². The molecule has 2 aromatic heterocycles. The first-order chi connectivity index (χ1) is 10.4. The van der Waals surface area contributed by atoms with Gasteiger partial charge in [0.1, 0.15) is 16.4 Å². The van der Waals surface area contributed by atoms with Gasteiger partial charge in [-0.3, -0.25) is 4.79 Å². The Morgan fingerprint density at radius 1 is 1.45 bits per heavy atom. The molecule has 6 nitrogen and oxygen atoms in total. The van der Waals surface area contributed by atoms with Crippen LogP contribution < -0.4 is 10.3 Å². The number of rotatable bonds is 4. The van der Waals surface area contributed by atoms with Crippen LogP contribution in [-0.4, -0.2) is 25.4 Å². The lowest BCUT2D eigenvalue weighted by Crippen LogP contribution is -2.23. The molecule has 0 amide bonds. The Hall–Kier alpha value is -1.25. The molecule has 1 aliphatic rings. The molecule has 22 heavy (non-hydrogen) atoms. The molecule has 3 rings (SSSR count). The van der Waals surface area contributed by atoms with E-state index in [1.807, 2.05) is 0 Å². The van der Waals surface area contributed by atoms with Crippen molar-refractivity contribution < 1.29 is 8.42 Å². The van der Waals surface area contributed by atoms with Crippen molar-refractivity contribution in [2.24, 2.45) is 5.92 Å². The third-order valence-corrected chi connectivity index (χ3v) is 6.71. The Labute approximate surface area is 133 Å². The number of aryl methyl sites for hydroxylation is 1. The number of H-pyrrole nitrogens is 1. The van der Waals surface area contributed by atoms with E-state index in [-0.39, 0.29) is 17.1 Å². The average molecular weight is 341 g/mol. The Morgan fingerprint density at radius 2 is 2.23 bits per heavy atom. The van der Waals surface area contributed by atoms with Crippen LogP contribution in [0.2, 0.25) is 0 Å². The predicted molar refractivity (Wildman–Crippen MR) is 87.7 cm³/mol. The summed E-state index contributed by atoms with van der Waals surface area (Å²) in [5, 5.41) is 0.653. The van der Waals surface area contributed by atoms with E-state index >= 15 is 0 Å². The van der Waals surface area contributed by atoms with Crippen LogP contribution in [0.15, 0.2) is 4.79 Å². The van der Waals surface area contributed by atoms with E-state index in [1.165, 1.54) is 23.3 Å². The largest absolute Gasteiger partial charge is 0.309 e. The Kier molecular flexibility index (Phi) is 4.09. The van der Waals surface area contributed by atoms with E-state index in [0.29, 0.717) is 16.1 Å². The number of nitrogens with one attached hydrogen (secondary N) is 2. The van der Waals surface area contributed by atoms with Crippen molar-refractivity contribution in [2.75, 3.05) is 7.05 Å². The van der Waals surface area contributed by atoms with Crippen molar-refractivity contribution in [3.8, 4) is 0 Å². The second-order valence-corrected chi connectivity index (χ2v) is 8.69. The fourth-order valence-electron chi connectivity index (χ4n) is 2.97. The van der Waals surface area contributed by atoms with Gasteiger partial charge in [0.2, 0.25) is 10.0 Å². The summed E-state index contributed by atoms with van der Waals surface area (Å²) >= 11 is 1.53. The molecule has 0 spiro atoms. The quantitative estimate of drug-likeness (QED) is 0.882. The molecule has 2 N–H and O–H groups in total. The number of nitrogens with zero attached hydrogens (tertiary/aromatic N) is 1. The third-order valence-electron chi connectivity index (χ3n) is 4.29. The van der Waals surface area contributed by atoms with Gasteiger partial charge in [-0.2, -0.15) is 0 Å². The van der Waals surface area contributed by atoms with Gasteiger partial charge in [0, 0.05) is 4.88 Å². The average Bonchev–Trinajstić information content (AvgIpc) is 2.84. The van der Waals surface area contributed by atoms with E-state index in [0.717, 1.165) is 31.2 Å². The molecule has 1 aliphatic carbocycles. The van der Waals surface area contributed by atoms with Crippen LogP contribution in [0.25, 0.3) is 10.2 Å². The minimum Gasteiger partial charge on any atom is -0.309 e. The van der Waals surface area contributed by atoms with Gasteiger partial charge in [-0.25, -0.2) is 18.1 Å². The first kappa shape index (κ1) is 15.6. The van der Waals surface area contributed by atoms with E-state index < -0.39 is 10.0 Å². The van der Waals surface area contributed by atoms with Crippen molar-refractivity contribution in [2.45, 2.75) is 38.4 Å². The van der Waals surface area contributed by atoms with Crippen LogP contribution in [0.3, 0.4) is 0 Å². The minimum atomic E-state index is -3.45. The summed E-state index contributed by atoms with van der Waals surface area (Å²) in [5.74, 6) is 0.552. The molecule has 0 aliphatic heterocycles.